The van der Waals surface area contributed by atoms with Gasteiger partial charge in [0.05, 0.1) is 0 Å². The van der Waals surface area contributed by atoms with Crippen LogP contribution in [0.4, 0.5) is 5.69 Å². The third-order valence-electron chi connectivity index (χ3n) is 3.51. The van der Waals surface area contributed by atoms with Crippen LogP contribution in [0.25, 0.3) is 0 Å². The van der Waals surface area contributed by atoms with E-state index < -0.39 is 0 Å². The minimum atomic E-state index is 0.548. The molecule has 1 aromatic rings. The quantitative estimate of drug-likeness (QED) is 0.828. The Morgan fingerprint density at radius 3 is 2.39 bits per heavy atom. The molecule has 0 aliphatic rings. The van der Waals surface area contributed by atoms with E-state index in [2.05, 4.69) is 70.1 Å². The number of hydrogen-bond acceptors (Lipinski definition) is 2. The monoisotopic (exact) mass is 248 g/mol. The van der Waals surface area contributed by atoms with E-state index in [0.717, 1.165) is 13.0 Å². The average Bonchev–Trinajstić information content (AvgIpc) is 2.29. The highest BCUT2D eigenvalue weighted by Gasteiger charge is 2.15. The fraction of sp³-hybridized carbons (Fsp3) is 0.625. The highest BCUT2D eigenvalue weighted by atomic mass is 15.2. The SMILES string of the molecule is CCC(CNC(C)C)N(C)c1ccc(C)cc1C. The summed E-state index contributed by atoms with van der Waals surface area (Å²) in [7, 11) is 2.20. The normalized spacial score (nSPS) is 12.8. The maximum atomic E-state index is 3.54. The first-order valence-corrected chi connectivity index (χ1v) is 6.99. The van der Waals surface area contributed by atoms with Crippen LogP contribution in [0, 0.1) is 13.8 Å². The van der Waals surface area contributed by atoms with Gasteiger partial charge in [-0.05, 0) is 31.9 Å². The summed E-state index contributed by atoms with van der Waals surface area (Å²) >= 11 is 0. The molecule has 1 atom stereocenters. The van der Waals surface area contributed by atoms with E-state index in [9.17, 15) is 0 Å². The Bertz CT molecular complexity index is 371. The van der Waals surface area contributed by atoms with E-state index in [0.29, 0.717) is 12.1 Å². The van der Waals surface area contributed by atoms with Crippen molar-refractivity contribution in [2.75, 3.05) is 18.5 Å². The number of nitrogens with zero attached hydrogens (tertiary/aromatic N) is 1. The van der Waals surface area contributed by atoms with Crippen LogP contribution < -0.4 is 10.2 Å². The van der Waals surface area contributed by atoms with Gasteiger partial charge in [0, 0.05) is 31.4 Å². The summed E-state index contributed by atoms with van der Waals surface area (Å²) < 4.78 is 0. The number of aryl methyl sites for hydroxylation is 2. The Morgan fingerprint density at radius 2 is 1.89 bits per heavy atom. The molecule has 1 rings (SSSR count). The molecule has 0 amide bonds. The lowest BCUT2D eigenvalue weighted by molar-refractivity contribution is 0.502. The second-order valence-electron chi connectivity index (χ2n) is 5.53. The van der Waals surface area contributed by atoms with Crippen LogP contribution >= 0.6 is 0 Å². The summed E-state index contributed by atoms with van der Waals surface area (Å²) in [5.74, 6) is 0. The summed E-state index contributed by atoms with van der Waals surface area (Å²) in [6, 6.07) is 7.79. The molecule has 0 aliphatic carbocycles. The number of nitrogens with one attached hydrogen (secondary N) is 1. The molecule has 102 valence electrons. The molecule has 0 bridgehead atoms. The molecule has 0 aliphatic heterocycles. The van der Waals surface area contributed by atoms with E-state index >= 15 is 0 Å². The molecular formula is C16H28N2. The van der Waals surface area contributed by atoms with Gasteiger partial charge < -0.3 is 10.2 Å². The molecule has 0 fully saturated rings. The first kappa shape index (κ1) is 15.0. The highest BCUT2D eigenvalue weighted by Crippen LogP contribution is 2.22. The summed E-state index contributed by atoms with van der Waals surface area (Å²) in [6.45, 7) is 12.0. The summed E-state index contributed by atoms with van der Waals surface area (Å²) in [5.41, 5.74) is 4.04. The standard InChI is InChI=1S/C16H28N2/c1-7-15(11-17-12(2)3)18(6)16-9-8-13(4)10-14(16)5/h8-10,12,15,17H,7,11H2,1-6H3. The van der Waals surface area contributed by atoms with Crippen molar-refractivity contribution < 1.29 is 0 Å². The fourth-order valence-electron chi connectivity index (χ4n) is 2.32. The third-order valence-corrected chi connectivity index (χ3v) is 3.51. The van der Waals surface area contributed by atoms with Crippen molar-refractivity contribution in [3.05, 3.63) is 29.3 Å². The first-order chi connectivity index (χ1) is 8.45. The molecule has 0 saturated carbocycles. The van der Waals surface area contributed by atoms with Crippen molar-refractivity contribution in [3.8, 4) is 0 Å². The van der Waals surface area contributed by atoms with Gasteiger partial charge in [-0.15, -0.1) is 0 Å². The van der Waals surface area contributed by atoms with Crippen LogP contribution in [0.5, 0.6) is 0 Å². The van der Waals surface area contributed by atoms with E-state index in [1.54, 1.807) is 0 Å². The van der Waals surface area contributed by atoms with Gasteiger partial charge in [-0.1, -0.05) is 38.5 Å². The van der Waals surface area contributed by atoms with Gasteiger partial charge in [0.25, 0.3) is 0 Å². The zero-order valence-corrected chi connectivity index (χ0v) is 12.7. The van der Waals surface area contributed by atoms with Crippen molar-refractivity contribution >= 4 is 5.69 Å². The Kier molecular flexibility index (Phi) is 5.67. The molecule has 0 radical (unpaired) electrons. The minimum Gasteiger partial charge on any atom is -0.370 e. The van der Waals surface area contributed by atoms with Crippen molar-refractivity contribution in [2.24, 2.45) is 0 Å². The van der Waals surface area contributed by atoms with Gasteiger partial charge in [-0.25, -0.2) is 0 Å². The maximum Gasteiger partial charge on any atom is 0.0408 e. The van der Waals surface area contributed by atoms with E-state index in [1.165, 1.54) is 16.8 Å². The number of anilines is 1. The molecule has 2 nitrogen and oxygen atoms in total. The minimum absolute atomic E-state index is 0.548. The van der Waals surface area contributed by atoms with Gasteiger partial charge in [0.2, 0.25) is 0 Å². The lowest BCUT2D eigenvalue weighted by Gasteiger charge is -2.31. The Hall–Kier alpha value is -1.02. The van der Waals surface area contributed by atoms with Gasteiger partial charge in [0.1, 0.15) is 0 Å². The van der Waals surface area contributed by atoms with Crippen LogP contribution in [0.15, 0.2) is 18.2 Å². The molecule has 0 aromatic heterocycles. The van der Waals surface area contributed by atoms with Gasteiger partial charge in [-0.3, -0.25) is 0 Å². The van der Waals surface area contributed by atoms with Crippen molar-refractivity contribution in [3.63, 3.8) is 0 Å². The maximum absolute atomic E-state index is 3.54. The summed E-state index contributed by atoms with van der Waals surface area (Å²) in [4.78, 5) is 2.41. The second kappa shape index (κ2) is 6.79. The van der Waals surface area contributed by atoms with Crippen molar-refractivity contribution in [2.45, 2.75) is 53.1 Å². The lowest BCUT2D eigenvalue weighted by atomic mass is 10.1. The molecule has 2 heteroatoms. The third kappa shape index (κ3) is 4.02. The van der Waals surface area contributed by atoms with Crippen LogP contribution in [0.1, 0.15) is 38.3 Å². The number of hydrogen-bond donors (Lipinski definition) is 1. The number of rotatable bonds is 6. The van der Waals surface area contributed by atoms with E-state index in [-0.39, 0.29) is 0 Å². The van der Waals surface area contributed by atoms with Gasteiger partial charge in [0.15, 0.2) is 0 Å². The molecule has 1 N–H and O–H groups in total. The number of likely N-dealkylation sites (N-methyl/N-ethyl adjacent to an activating group) is 1. The van der Waals surface area contributed by atoms with Crippen molar-refractivity contribution in [1.82, 2.24) is 5.32 Å². The average molecular weight is 248 g/mol. The molecule has 0 saturated heterocycles. The lowest BCUT2D eigenvalue weighted by Crippen LogP contribution is -2.42. The second-order valence-corrected chi connectivity index (χ2v) is 5.53. The Morgan fingerprint density at radius 1 is 1.22 bits per heavy atom. The Balaban J connectivity index is 2.79. The molecule has 1 aromatic carbocycles. The van der Waals surface area contributed by atoms with Crippen LogP contribution in [-0.4, -0.2) is 25.7 Å². The van der Waals surface area contributed by atoms with Gasteiger partial charge >= 0.3 is 0 Å². The zero-order chi connectivity index (χ0) is 13.7. The largest absolute Gasteiger partial charge is 0.370 e. The predicted octanol–water partition coefficient (Wildman–Crippen LogP) is 3.52. The molecule has 0 spiro atoms. The van der Waals surface area contributed by atoms with Crippen LogP contribution in [-0.2, 0) is 0 Å². The molecular weight excluding hydrogens is 220 g/mol. The summed E-state index contributed by atoms with van der Waals surface area (Å²) in [5, 5.41) is 3.54. The zero-order valence-electron chi connectivity index (χ0n) is 12.7. The fourth-order valence-corrected chi connectivity index (χ4v) is 2.32. The topological polar surface area (TPSA) is 15.3 Å². The highest BCUT2D eigenvalue weighted by molar-refractivity contribution is 5.54. The van der Waals surface area contributed by atoms with Crippen LogP contribution in [0.3, 0.4) is 0 Å². The van der Waals surface area contributed by atoms with Crippen LogP contribution in [0.2, 0.25) is 0 Å². The predicted molar refractivity (Wildman–Crippen MR) is 81.5 cm³/mol. The Labute approximate surface area is 112 Å². The van der Waals surface area contributed by atoms with Crippen molar-refractivity contribution in [1.29, 1.82) is 0 Å². The first-order valence-electron chi connectivity index (χ1n) is 6.99. The van der Waals surface area contributed by atoms with Gasteiger partial charge in [-0.2, -0.15) is 0 Å². The van der Waals surface area contributed by atoms with E-state index in [4.69, 9.17) is 0 Å². The van der Waals surface area contributed by atoms with E-state index in [1.807, 2.05) is 0 Å². The molecule has 0 heterocycles. The molecule has 1 unspecified atom stereocenters. The smallest absolute Gasteiger partial charge is 0.0408 e. The molecule has 18 heavy (non-hydrogen) atoms. The summed E-state index contributed by atoms with van der Waals surface area (Å²) in [6.07, 6.45) is 1.16. The number of benzene rings is 1.